The first-order chi connectivity index (χ1) is 12.5. The molecule has 2 aromatic carbocycles. The normalized spacial score (nSPS) is 10.7. The Morgan fingerprint density at radius 3 is 2.50 bits per heavy atom. The molecule has 1 N–H and O–H groups in total. The Morgan fingerprint density at radius 1 is 1.12 bits per heavy atom. The number of nitrogens with zero attached hydrogens (tertiary/aromatic N) is 1. The number of anilines is 1. The molecule has 0 atom stereocenters. The molecule has 0 bridgehead atoms. The van der Waals surface area contributed by atoms with Crippen LogP contribution in [0.5, 0.6) is 11.5 Å². The van der Waals surface area contributed by atoms with Crippen LogP contribution in [0.1, 0.15) is 18.1 Å². The molecule has 0 unspecified atom stereocenters. The van der Waals surface area contributed by atoms with Gasteiger partial charge in [0.15, 0.2) is 11.5 Å². The predicted octanol–water partition coefficient (Wildman–Crippen LogP) is 4.10. The summed E-state index contributed by atoms with van der Waals surface area (Å²) in [6, 6.07) is 11.7. The van der Waals surface area contributed by atoms with E-state index in [-0.39, 0.29) is 5.91 Å². The number of nitrogens with one attached hydrogen (secondary N) is 1. The van der Waals surface area contributed by atoms with Crippen molar-refractivity contribution in [1.82, 2.24) is 4.90 Å². The van der Waals surface area contributed by atoms with E-state index >= 15 is 0 Å². The zero-order chi connectivity index (χ0) is 19.1. The summed E-state index contributed by atoms with van der Waals surface area (Å²) >= 11 is 3.57. The van der Waals surface area contributed by atoms with E-state index in [2.05, 4.69) is 28.2 Å². The third kappa shape index (κ3) is 4.99. The van der Waals surface area contributed by atoms with Crippen molar-refractivity contribution in [2.45, 2.75) is 19.9 Å². The van der Waals surface area contributed by atoms with Crippen LogP contribution in [0.3, 0.4) is 0 Å². The maximum atomic E-state index is 12.4. The quantitative estimate of drug-likeness (QED) is 0.698. The lowest BCUT2D eigenvalue weighted by molar-refractivity contribution is -0.117. The van der Waals surface area contributed by atoms with Crippen LogP contribution in [-0.2, 0) is 17.8 Å². The summed E-state index contributed by atoms with van der Waals surface area (Å²) in [5.41, 5.74) is 3.03. The molecular formula is C20H25BrN2O3. The standard InChI is InChI=1S/C20H25BrN2O3/c1-5-14-8-6-7-9-16(14)22-18(24)13-23(2)12-15-10-11-17(25-3)20(26-4)19(15)21/h6-11H,5,12-13H2,1-4H3,(H,22,24). The molecule has 0 saturated heterocycles. The van der Waals surface area contributed by atoms with Gasteiger partial charge in [-0.05, 0) is 52.7 Å². The minimum atomic E-state index is -0.0370. The van der Waals surface area contributed by atoms with Gasteiger partial charge in [0.05, 0.1) is 25.2 Å². The Labute approximate surface area is 163 Å². The van der Waals surface area contributed by atoms with E-state index in [0.717, 1.165) is 27.7 Å². The molecule has 26 heavy (non-hydrogen) atoms. The molecular weight excluding hydrogens is 396 g/mol. The molecule has 0 aliphatic carbocycles. The number of likely N-dealkylation sites (N-methyl/N-ethyl adjacent to an activating group) is 1. The minimum Gasteiger partial charge on any atom is -0.493 e. The fourth-order valence-electron chi connectivity index (χ4n) is 2.78. The zero-order valence-electron chi connectivity index (χ0n) is 15.6. The lowest BCUT2D eigenvalue weighted by Gasteiger charge is -2.19. The summed E-state index contributed by atoms with van der Waals surface area (Å²) in [7, 11) is 5.12. The number of methoxy groups -OCH3 is 2. The van der Waals surface area contributed by atoms with Gasteiger partial charge in [0.2, 0.25) is 5.91 Å². The van der Waals surface area contributed by atoms with E-state index in [4.69, 9.17) is 9.47 Å². The maximum absolute atomic E-state index is 12.4. The summed E-state index contributed by atoms with van der Waals surface area (Å²) < 4.78 is 11.5. The first-order valence-corrected chi connectivity index (χ1v) is 9.25. The van der Waals surface area contributed by atoms with Gasteiger partial charge in [-0.3, -0.25) is 9.69 Å². The van der Waals surface area contributed by atoms with Crippen LogP contribution in [-0.4, -0.2) is 38.6 Å². The largest absolute Gasteiger partial charge is 0.493 e. The topological polar surface area (TPSA) is 50.8 Å². The summed E-state index contributed by atoms with van der Waals surface area (Å²) in [4.78, 5) is 14.3. The number of para-hydroxylation sites is 1. The molecule has 0 aromatic heterocycles. The molecule has 0 radical (unpaired) electrons. The van der Waals surface area contributed by atoms with Gasteiger partial charge in [-0.2, -0.15) is 0 Å². The van der Waals surface area contributed by atoms with Gasteiger partial charge in [-0.1, -0.05) is 31.2 Å². The number of halogens is 1. The van der Waals surface area contributed by atoms with Crippen molar-refractivity contribution in [3.63, 3.8) is 0 Å². The van der Waals surface area contributed by atoms with Crippen LogP contribution in [0.25, 0.3) is 0 Å². The highest BCUT2D eigenvalue weighted by Gasteiger charge is 2.15. The molecule has 140 valence electrons. The summed E-state index contributed by atoms with van der Waals surface area (Å²) in [5.74, 6) is 1.28. The van der Waals surface area contributed by atoms with Crippen molar-refractivity contribution in [2.24, 2.45) is 0 Å². The fraction of sp³-hybridized carbons (Fsp3) is 0.350. The highest BCUT2D eigenvalue weighted by molar-refractivity contribution is 9.10. The number of benzene rings is 2. The monoisotopic (exact) mass is 420 g/mol. The van der Waals surface area contributed by atoms with Crippen molar-refractivity contribution in [1.29, 1.82) is 0 Å². The highest BCUT2D eigenvalue weighted by atomic mass is 79.9. The Bertz CT molecular complexity index is 765. The van der Waals surface area contributed by atoms with E-state index in [9.17, 15) is 4.79 Å². The number of ether oxygens (including phenoxy) is 2. The van der Waals surface area contributed by atoms with Gasteiger partial charge in [0, 0.05) is 12.2 Å². The van der Waals surface area contributed by atoms with E-state index in [1.807, 2.05) is 48.3 Å². The lowest BCUT2D eigenvalue weighted by Crippen LogP contribution is -2.30. The van der Waals surface area contributed by atoms with E-state index in [1.54, 1.807) is 14.2 Å². The third-order valence-electron chi connectivity index (χ3n) is 4.09. The SMILES string of the molecule is CCc1ccccc1NC(=O)CN(C)Cc1ccc(OC)c(OC)c1Br. The second-order valence-electron chi connectivity index (χ2n) is 6.01. The number of carbonyl (C=O) groups excluding carboxylic acids is 1. The molecule has 0 spiro atoms. The average Bonchev–Trinajstić information content (AvgIpc) is 2.63. The maximum Gasteiger partial charge on any atom is 0.238 e. The number of rotatable bonds is 8. The average molecular weight is 421 g/mol. The third-order valence-corrected chi connectivity index (χ3v) is 4.96. The van der Waals surface area contributed by atoms with Crippen molar-refractivity contribution >= 4 is 27.5 Å². The molecule has 1 amide bonds. The molecule has 0 saturated carbocycles. The van der Waals surface area contributed by atoms with Crippen molar-refractivity contribution in [3.05, 3.63) is 52.0 Å². The molecule has 0 fully saturated rings. The van der Waals surface area contributed by atoms with E-state index in [1.165, 1.54) is 0 Å². The smallest absolute Gasteiger partial charge is 0.238 e. The molecule has 2 aromatic rings. The Hall–Kier alpha value is -2.05. The summed E-state index contributed by atoms with van der Waals surface area (Å²) in [6.45, 7) is 2.97. The van der Waals surface area contributed by atoms with Gasteiger partial charge in [-0.25, -0.2) is 0 Å². The predicted molar refractivity (Wildman–Crippen MR) is 108 cm³/mol. The summed E-state index contributed by atoms with van der Waals surface area (Å²) in [5, 5.41) is 3.00. The van der Waals surface area contributed by atoms with Crippen molar-refractivity contribution < 1.29 is 14.3 Å². The van der Waals surface area contributed by atoms with Crippen LogP contribution in [0.4, 0.5) is 5.69 Å². The molecule has 0 aliphatic heterocycles. The highest BCUT2D eigenvalue weighted by Crippen LogP contribution is 2.37. The first kappa shape index (κ1) is 20.3. The van der Waals surface area contributed by atoms with Gasteiger partial charge >= 0.3 is 0 Å². The Kier molecular flexibility index (Phi) is 7.48. The molecule has 0 aliphatic rings. The van der Waals surface area contributed by atoms with E-state index < -0.39 is 0 Å². The van der Waals surface area contributed by atoms with Crippen LogP contribution in [0.2, 0.25) is 0 Å². The van der Waals surface area contributed by atoms with Gasteiger partial charge in [0.1, 0.15) is 0 Å². The van der Waals surface area contributed by atoms with Crippen LogP contribution in [0, 0.1) is 0 Å². The lowest BCUT2D eigenvalue weighted by atomic mass is 10.1. The summed E-state index contributed by atoms with van der Waals surface area (Å²) in [6.07, 6.45) is 0.880. The number of amides is 1. The van der Waals surface area contributed by atoms with Crippen LogP contribution < -0.4 is 14.8 Å². The second-order valence-corrected chi connectivity index (χ2v) is 6.80. The number of aryl methyl sites for hydroxylation is 1. The second kappa shape index (κ2) is 9.59. The van der Waals surface area contributed by atoms with Crippen LogP contribution >= 0.6 is 15.9 Å². The van der Waals surface area contributed by atoms with Gasteiger partial charge < -0.3 is 14.8 Å². The Morgan fingerprint density at radius 2 is 1.85 bits per heavy atom. The number of hydrogen-bond acceptors (Lipinski definition) is 4. The molecule has 5 nitrogen and oxygen atoms in total. The number of hydrogen-bond donors (Lipinski definition) is 1. The zero-order valence-corrected chi connectivity index (χ0v) is 17.2. The van der Waals surface area contributed by atoms with E-state index in [0.29, 0.717) is 24.6 Å². The molecule has 0 heterocycles. The van der Waals surface area contributed by atoms with Gasteiger partial charge in [-0.15, -0.1) is 0 Å². The Balaban J connectivity index is 2.02. The van der Waals surface area contributed by atoms with Crippen LogP contribution in [0.15, 0.2) is 40.9 Å². The van der Waals surface area contributed by atoms with Gasteiger partial charge in [0.25, 0.3) is 0 Å². The molecule has 6 heteroatoms. The minimum absolute atomic E-state index is 0.0370. The fourth-order valence-corrected chi connectivity index (χ4v) is 3.40. The first-order valence-electron chi connectivity index (χ1n) is 8.45. The van der Waals surface area contributed by atoms with Crippen molar-refractivity contribution in [2.75, 3.05) is 33.1 Å². The van der Waals surface area contributed by atoms with Crippen molar-refractivity contribution in [3.8, 4) is 11.5 Å². The molecule has 2 rings (SSSR count). The number of carbonyl (C=O) groups is 1.